The van der Waals surface area contributed by atoms with E-state index in [4.69, 9.17) is 14.6 Å². The van der Waals surface area contributed by atoms with Crippen LogP contribution in [0.3, 0.4) is 0 Å². The molecule has 0 unspecified atom stereocenters. The topological polar surface area (TPSA) is 84.9 Å². The number of carbonyl (C=O) groups excluding carboxylic acids is 1. The number of carboxylic acids is 1. The molecule has 0 aromatic heterocycles. The van der Waals surface area contributed by atoms with Crippen molar-refractivity contribution in [2.75, 3.05) is 13.7 Å². The number of para-hydroxylation sites is 1. The minimum atomic E-state index is -0.994. The monoisotopic (exact) mass is 357 g/mol. The van der Waals surface area contributed by atoms with Crippen molar-refractivity contribution in [1.82, 2.24) is 5.32 Å². The molecule has 0 aliphatic heterocycles. The Kier molecular flexibility index (Phi) is 7.49. The van der Waals surface area contributed by atoms with Crippen LogP contribution in [0.15, 0.2) is 48.5 Å². The molecule has 138 valence electrons. The van der Waals surface area contributed by atoms with Crippen molar-refractivity contribution in [3.05, 3.63) is 59.7 Å². The van der Waals surface area contributed by atoms with Gasteiger partial charge in [-0.15, -0.1) is 0 Å². The van der Waals surface area contributed by atoms with Crippen molar-refractivity contribution in [3.8, 4) is 11.5 Å². The Morgan fingerprint density at radius 2 is 1.81 bits per heavy atom. The van der Waals surface area contributed by atoms with Crippen molar-refractivity contribution >= 4 is 11.9 Å². The van der Waals surface area contributed by atoms with E-state index in [2.05, 4.69) is 5.32 Å². The van der Waals surface area contributed by atoms with Crippen molar-refractivity contribution in [2.24, 2.45) is 0 Å². The number of nitrogens with one attached hydrogen (secondary N) is 1. The van der Waals surface area contributed by atoms with Crippen LogP contribution >= 0.6 is 0 Å². The fraction of sp³-hybridized carbons (Fsp3) is 0.300. The quantitative estimate of drug-likeness (QED) is 0.683. The minimum absolute atomic E-state index is 0.0521. The molecule has 1 amide bonds. The molecular weight excluding hydrogens is 334 g/mol. The van der Waals surface area contributed by atoms with E-state index in [1.54, 1.807) is 13.2 Å². The third-order valence-corrected chi connectivity index (χ3v) is 3.80. The highest BCUT2D eigenvalue weighted by Gasteiger charge is 2.12. The number of aliphatic carboxylic acids is 1. The summed E-state index contributed by atoms with van der Waals surface area (Å²) in [6.45, 7) is 0.723. The molecule has 0 saturated heterocycles. The summed E-state index contributed by atoms with van der Waals surface area (Å²) in [6.07, 6.45) is 0.511. The highest BCUT2D eigenvalue weighted by molar-refractivity contribution is 5.80. The Morgan fingerprint density at radius 1 is 1.04 bits per heavy atom. The summed E-state index contributed by atoms with van der Waals surface area (Å²) < 4.78 is 11.3. The van der Waals surface area contributed by atoms with Crippen molar-refractivity contribution < 1.29 is 24.2 Å². The first-order valence-electron chi connectivity index (χ1n) is 8.41. The van der Waals surface area contributed by atoms with E-state index in [1.807, 2.05) is 42.5 Å². The maximum Gasteiger partial charge on any atom is 0.303 e. The molecular formula is C20H23NO5. The van der Waals surface area contributed by atoms with Gasteiger partial charge in [0.15, 0.2) is 11.5 Å². The molecule has 0 spiro atoms. The maximum absolute atomic E-state index is 11.7. The summed E-state index contributed by atoms with van der Waals surface area (Å²) in [7, 11) is 1.56. The van der Waals surface area contributed by atoms with E-state index >= 15 is 0 Å². The molecule has 0 fully saturated rings. The Labute approximate surface area is 152 Å². The molecule has 0 saturated carbocycles. The lowest BCUT2D eigenvalue weighted by atomic mass is 10.1. The number of methoxy groups -OCH3 is 1. The summed E-state index contributed by atoms with van der Waals surface area (Å²) in [5.74, 6) is -0.128. The summed E-state index contributed by atoms with van der Waals surface area (Å²) >= 11 is 0. The zero-order valence-corrected chi connectivity index (χ0v) is 14.7. The third-order valence-electron chi connectivity index (χ3n) is 3.80. The van der Waals surface area contributed by atoms with E-state index < -0.39 is 5.97 Å². The SMILES string of the molecule is COc1cccc(CNC(=O)CCC(=O)O)c1OCCc1ccccc1. The summed E-state index contributed by atoms with van der Waals surface area (Å²) in [6, 6.07) is 15.5. The zero-order chi connectivity index (χ0) is 18.8. The van der Waals surface area contributed by atoms with Gasteiger partial charge in [0.2, 0.25) is 5.91 Å². The predicted octanol–water partition coefficient (Wildman–Crippen LogP) is 2.80. The van der Waals surface area contributed by atoms with Crippen LogP contribution in [-0.2, 0) is 22.6 Å². The van der Waals surface area contributed by atoms with Crippen LogP contribution in [0.1, 0.15) is 24.0 Å². The van der Waals surface area contributed by atoms with Crippen LogP contribution < -0.4 is 14.8 Å². The molecule has 2 rings (SSSR count). The van der Waals surface area contributed by atoms with Crippen LogP contribution in [0.25, 0.3) is 0 Å². The number of hydrogen-bond acceptors (Lipinski definition) is 4. The van der Waals surface area contributed by atoms with Gasteiger partial charge in [0, 0.05) is 24.9 Å². The Morgan fingerprint density at radius 3 is 2.50 bits per heavy atom. The van der Waals surface area contributed by atoms with Crippen LogP contribution in [0.2, 0.25) is 0 Å². The van der Waals surface area contributed by atoms with Crippen LogP contribution in [0.4, 0.5) is 0 Å². The summed E-state index contributed by atoms with van der Waals surface area (Å²) in [4.78, 5) is 22.3. The van der Waals surface area contributed by atoms with Gasteiger partial charge in [-0.3, -0.25) is 9.59 Å². The second kappa shape index (κ2) is 10.1. The number of amides is 1. The first kappa shape index (κ1) is 19.3. The van der Waals surface area contributed by atoms with Crippen LogP contribution in [0.5, 0.6) is 11.5 Å². The molecule has 0 bridgehead atoms. The first-order valence-corrected chi connectivity index (χ1v) is 8.41. The molecule has 2 aromatic rings. The fourth-order valence-corrected chi connectivity index (χ4v) is 2.44. The molecule has 6 nitrogen and oxygen atoms in total. The van der Waals surface area contributed by atoms with Gasteiger partial charge < -0.3 is 19.9 Å². The molecule has 0 radical (unpaired) electrons. The molecule has 0 heterocycles. The Bertz CT molecular complexity index is 730. The third kappa shape index (κ3) is 6.12. The van der Waals surface area contributed by atoms with Gasteiger partial charge in [-0.1, -0.05) is 42.5 Å². The lowest BCUT2D eigenvalue weighted by Gasteiger charge is -2.15. The van der Waals surface area contributed by atoms with Gasteiger partial charge >= 0.3 is 5.97 Å². The van der Waals surface area contributed by atoms with E-state index in [0.717, 1.165) is 12.0 Å². The average molecular weight is 357 g/mol. The van der Waals surface area contributed by atoms with Gasteiger partial charge in [-0.05, 0) is 11.6 Å². The van der Waals surface area contributed by atoms with E-state index in [9.17, 15) is 9.59 Å². The molecule has 0 aliphatic rings. The van der Waals surface area contributed by atoms with E-state index in [-0.39, 0.29) is 25.3 Å². The highest BCUT2D eigenvalue weighted by Crippen LogP contribution is 2.31. The predicted molar refractivity (Wildman–Crippen MR) is 97.4 cm³/mol. The van der Waals surface area contributed by atoms with Gasteiger partial charge in [0.05, 0.1) is 20.1 Å². The minimum Gasteiger partial charge on any atom is -0.493 e. The Hall–Kier alpha value is -3.02. The number of carbonyl (C=O) groups is 2. The van der Waals surface area contributed by atoms with Crippen molar-refractivity contribution in [1.29, 1.82) is 0 Å². The zero-order valence-electron chi connectivity index (χ0n) is 14.7. The molecule has 6 heteroatoms. The van der Waals surface area contributed by atoms with Crippen LogP contribution in [-0.4, -0.2) is 30.7 Å². The number of carboxylic acid groups (broad SMARTS) is 1. The highest BCUT2D eigenvalue weighted by atomic mass is 16.5. The molecule has 0 atom stereocenters. The van der Waals surface area contributed by atoms with Gasteiger partial charge in [0.25, 0.3) is 0 Å². The normalized spacial score (nSPS) is 10.2. The fourth-order valence-electron chi connectivity index (χ4n) is 2.44. The summed E-state index contributed by atoms with van der Waals surface area (Å²) in [5.41, 5.74) is 1.95. The second-order valence-corrected chi connectivity index (χ2v) is 5.70. The van der Waals surface area contributed by atoms with Crippen molar-refractivity contribution in [3.63, 3.8) is 0 Å². The molecule has 26 heavy (non-hydrogen) atoms. The average Bonchev–Trinajstić information content (AvgIpc) is 2.66. The number of benzene rings is 2. The Balaban J connectivity index is 1.97. The lowest BCUT2D eigenvalue weighted by Crippen LogP contribution is -2.23. The van der Waals surface area contributed by atoms with Crippen LogP contribution in [0, 0.1) is 0 Å². The lowest BCUT2D eigenvalue weighted by molar-refractivity contribution is -0.138. The smallest absolute Gasteiger partial charge is 0.303 e. The number of rotatable bonds is 10. The molecule has 2 N–H and O–H groups in total. The maximum atomic E-state index is 11.7. The standard InChI is InChI=1S/C20H23NO5/c1-25-17-9-5-8-16(14-21-18(22)10-11-19(23)24)20(17)26-13-12-15-6-3-2-4-7-15/h2-9H,10-14H2,1H3,(H,21,22)(H,23,24). The van der Waals surface area contributed by atoms with E-state index in [0.29, 0.717) is 18.1 Å². The first-order chi connectivity index (χ1) is 12.6. The summed E-state index contributed by atoms with van der Waals surface area (Å²) in [5, 5.41) is 11.4. The molecule has 2 aromatic carbocycles. The largest absolute Gasteiger partial charge is 0.493 e. The number of hydrogen-bond donors (Lipinski definition) is 2. The second-order valence-electron chi connectivity index (χ2n) is 5.70. The van der Waals surface area contributed by atoms with Gasteiger partial charge in [-0.25, -0.2) is 0 Å². The number of ether oxygens (including phenoxy) is 2. The van der Waals surface area contributed by atoms with E-state index in [1.165, 1.54) is 5.56 Å². The van der Waals surface area contributed by atoms with Gasteiger partial charge in [0.1, 0.15) is 0 Å². The van der Waals surface area contributed by atoms with Crippen molar-refractivity contribution in [2.45, 2.75) is 25.8 Å². The van der Waals surface area contributed by atoms with Gasteiger partial charge in [-0.2, -0.15) is 0 Å². The molecule has 0 aliphatic carbocycles.